The Morgan fingerprint density at radius 1 is 0.635 bits per heavy atom. The number of halogens is 1. The maximum absolute atomic E-state index is 14.1. The third-order valence-corrected chi connectivity index (χ3v) is 11.7. The van der Waals surface area contributed by atoms with E-state index in [9.17, 15) is 4.79 Å². The van der Waals surface area contributed by atoms with Gasteiger partial charge in [0.2, 0.25) is 18.2 Å². The van der Waals surface area contributed by atoms with Gasteiger partial charge >= 0.3 is 0 Å². The van der Waals surface area contributed by atoms with Gasteiger partial charge in [-0.1, -0.05) is 72.8 Å². The summed E-state index contributed by atoms with van der Waals surface area (Å²) in [5.74, 6) is 3.59. The van der Waals surface area contributed by atoms with E-state index in [-0.39, 0.29) is 19.0 Å². The summed E-state index contributed by atoms with van der Waals surface area (Å²) in [5.41, 5.74) is 8.21. The van der Waals surface area contributed by atoms with E-state index in [0.717, 1.165) is 51.1 Å². The molecule has 1 aliphatic heterocycles. The van der Waals surface area contributed by atoms with Crippen molar-refractivity contribution in [1.29, 1.82) is 0 Å². The van der Waals surface area contributed by atoms with E-state index in [4.69, 9.17) is 28.9 Å². The number of carbonyl (C=O) groups is 1. The predicted molar refractivity (Wildman–Crippen MR) is 250 cm³/mol. The van der Waals surface area contributed by atoms with Crippen LogP contribution in [0.2, 0.25) is 0 Å². The maximum atomic E-state index is 14.1. The van der Waals surface area contributed by atoms with Crippen molar-refractivity contribution < 1.29 is 23.7 Å². The van der Waals surface area contributed by atoms with Crippen LogP contribution in [-0.2, 0) is 10.3 Å². The minimum absolute atomic E-state index is 0. The number of benzene rings is 4. The van der Waals surface area contributed by atoms with Crippen molar-refractivity contribution in [2.75, 3.05) is 32.8 Å². The van der Waals surface area contributed by atoms with Gasteiger partial charge in [0.25, 0.3) is 0 Å². The number of aromatic nitrogens is 4. The summed E-state index contributed by atoms with van der Waals surface area (Å²) in [7, 11) is 0. The Bertz CT molecular complexity index is 2710. The first-order valence-corrected chi connectivity index (χ1v) is 21.2. The van der Waals surface area contributed by atoms with Gasteiger partial charge in [-0.2, -0.15) is 0 Å². The van der Waals surface area contributed by atoms with Gasteiger partial charge in [0.05, 0.1) is 58.8 Å². The Morgan fingerprint density at radius 2 is 1.06 bits per heavy atom. The molecule has 63 heavy (non-hydrogen) atoms. The van der Waals surface area contributed by atoms with Crippen LogP contribution in [0.5, 0.6) is 34.8 Å². The fourth-order valence-corrected chi connectivity index (χ4v) is 8.94. The Labute approximate surface area is 373 Å². The normalized spacial score (nSPS) is 13.5. The van der Waals surface area contributed by atoms with Gasteiger partial charge in [-0.25, -0.2) is 0 Å². The van der Waals surface area contributed by atoms with Crippen molar-refractivity contribution in [2.24, 2.45) is 0 Å². The molecule has 0 spiro atoms. The van der Waals surface area contributed by atoms with Crippen molar-refractivity contribution >= 4 is 40.9 Å². The third-order valence-electron chi connectivity index (χ3n) is 11.7. The number of nitrogens with zero attached hydrogens (tertiary/aromatic N) is 5. The van der Waals surface area contributed by atoms with Crippen LogP contribution in [0.25, 0.3) is 33.4 Å². The van der Waals surface area contributed by atoms with Gasteiger partial charge in [0.15, 0.2) is 0 Å². The zero-order valence-corrected chi connectivity index (χ0v) is 37.2. The number of fused-ring (bicyclic) bond motifs is 2. The topological polar surface area (TPSA) is 105 Å². The average molecular weight is 863 g/mol. The lowest BCUT2D eigenvalue weighted by Gasteiger charge is -2.46. The van der Waals surface area contributed by atoms with Gasteiger partial charge in [0.1, 0.15) is 28.5 Å². The number of hydrogen-bond acceptors (Lipinski definition) is 8. The number of para-hydroxylation sites is 4. The number of aryl methyl sites for hydroxylation is 4. The predicted octanol–water partition coefficient (Wildman–Crippen LogP) is 10.7. The van der Waals surface area contributed by atoms with Gasteiger partial charge in [0, 0.05) is 43.1 Å². The molecule has 0 bridgehead atoms. The highest BCUT2D eigenvalue weighted by atomic mass is 35.5. The molecule has 4 aromatic heterocycles. The number of pyridine rings is 2. The van der Waals surface area contributed by atoms with Gasteiger partial charge in [-0.15, -0.1) is 12.4 Å². The minimum atomic E-state index is -1.35. The standard InChI is InChI=1S/C51H50N6O5.ClH/c1-7-59-39-27-41-45(53-29-39)43(49(56(41)37-21-11-9-12-22-37)61-47-33(3)17-15-18-34(47)4)51(31-52-25-26-55(51)32-58)44-46-42(28-40(30-54-46)60-8-2)57(38-23-13-10-14-24-38)50(44)62-48-35(5)19-16-20-36(48)6;/h9-24,27-30,32,52H,7-8,25-26,31H2,1-6H3;1H. The zero-order valence-electron chi connectivity index (χ0n) is 36.3. The molecule has 0 saturated carbocycles. The molecule has 1 aliphatic rings. The van der Waals surface area contributed by atoms with Crippen LogP contribution in [0.15, 0.2) is 122 Å². The molecule has 1 saturated heterocycles. The van der Waals surface area contributed by atoms with Crippen LogP contribution in [-0.4, -0.2) is 63.3 Å². The molecule has 9 rings (SSSR count). The van der Waals surface area contributed by atoms with Crippen LogP contribution >= 0.6 is 12.4 Å². The Hall–Kier alpha value is -6.82. The lowest BCUT2D eigenvalue weighted by atomic mass is 9.80. The van der Waals surface area contributed by atoms with E-state index in [0.29, 0.717) is 83.2 Å². The first kappa shape index (κ1) is 42.9. The number of rotatable bonds is 13. The smallest absolute Gasteiger partial charge is 0.213 e. The van der Waals surface area contributed by atoms with Gasteiger partial charge in [-0.3, -0.25) is 23.9 Å². The van der Waals surface area contributed by atoms with Crippen molar-refractivity contribution in [2.45, 2.75) is 47.1 Å². The first-order chi connectivity index (χ1) is 30.3. The van der Waals surface area contributed by atoms with E-state index in [1.807, 2.05) is 156 Å². The maximum Gasteiger partial charge on any atom is 0.213 e. The fourth-order valence-electron chi connectivity index (χ4n) is 8.94. The molecular formula is C51H51ClN6O5. The second-order valence-corrected chi connectivity index (χ2v) is 15.6. The molecule has 0 atom stereocenters. The second-order valence-electron chi connectivity index (χ2n) is 15.6. The van der Waals surface area contributed by atoms with Crippen LogP contribution in [0, 0.1) is 27.7 Å². The van der Waals surface area contributed by atoms with Crippen molar-refractivity contribution in [3.05, 3.63) is 155 Å². The van der Waals surface area contributed by atoms with Crippen LogP contribution < -0.4 is 24.3 Å². The second kappa shape index (κ2) is 17.9. The molecule has 1 fully saturated rings. The Balaban J connectivity index is 0.00000544. The molecule has 0 radical (unpaired) electrons. The lowest BCUT2D eigenvalue weighted by molar-refractivity contribution is -0.124. The molecule has 12 heteroatoms. The molecule has 4 aromatic carbocycles. The zero-order chi connectivity index (χ0) is 43.0. The number of ether oxygens (including phenoxy) is 4. The quantitative estimate of drug-likeness (QED) is 0.114. The molecule has 11 nitrogen and oxygen atoms in total. The molecule has 1 amide bonds. The molecule has 0 aliphatic carbocycles. The summed E-state index contributed by atoms with van der Waals surface area (Å²) < 4.78 is 31.2. The van der Waals surface area contributed by atoms with E-state index in [1.165, 1.54) is 0 Å². The monoisotopic (exact) mass is 862 g/mol. The van der Waals surface area contributed by atoms with Crippen molar-refractivity contribution in [3.63, 3.8) is 0 Å². The number of nitrogens with one attached hydrogen (secondary N) is 1. The summed E-state index contributed by atoms with van der Waals surface area (Å²) in [6.45, 7) is 14.2. The van der Waals surface area contributed by atoms with Crippen LogP contribution in [0.1, 0.15) is 47.2 Å². The summed E-state index contributed by atoms with van der Waals surface area (Å²) in [5, 5.41) is 3.72. The van der Waals surface area contributed by atoms with Gasteiger partial charge in [-0.05, 0) is 88.1 Å². The summed E-state index contributed by atoms with van der Waals surface area (Å²) >= 11 is 0. The highest BCUT2D eigenvalue weighted by Gasteiger charge is 2.52. The van der Waals surface area contributed by atoms with Gasteiger partial charge < -0.3 is 29.2 Å². The summed E-state index contributed by atoms with van der Waals surface area (Å²) in [6.07, 6.45) is 4.43. The van der Waals surface area contributed by atoms with E-state index in [1.54, 1.807) is 12.4 Å². The van der Waals surface area contributed by atoms with E-state index >= 15 is 0 Å². The van der Waals surface area contributed by atoms with Crippen LogP contribution in [0.4, 0.5) is 0 Å². The van der Waals surface area contributed by atoms with Crippen LogP contribution in [0.3, 0.4) is 0 Å². The lowest BCUT2D eigenvalue weighted by Crippen LogP contribution is -2.59. The molecule has 322 valence electrons. The van der Waals surface area contributed by atoms with E-state index in [2.05, 4.69) is 14.5 Å². The fraction of sp³-hybridized carbons (Fsp3) is 0.235. The average Bonchev–Trinajstić information content (AvgIpc) is 3.79. The summed E-state index contributed by atoms with van der Waals surface area (Å²) in [4.78, 5) is 26.5. The Kier molecular flexibility index (Phi) is 12.2. The van der Waals surface area contributed by atoms with Crippen molar-refractivity contribution in [3.8, 4) is 46.1 Å². The van der Waals surface area contributed by atoms with E-state index < -0.39 is 5.54 Å². The SMILES string of the molecule is CCOc1cnc2c(C3(c4c(Oc5c(C)cccc5C)n(-c5ccccc5)c5cc(OCC)cnc45)CNCCN3C=O)c(Oc3c(C)cccc3C)n(-c3ccccc3)c2c1.Cl. The molecule has 5 heterocycles. The number of amides is 1. The number of hydrogen-bond donors (Lipinski definition) is 1. The molecule has 0 unspecified atom stereocenters. The molecule has 8 aromatic rings. The third kappa shape index (κ3) is 7.40. The molecular weight excluding hydrogens is 812 g/mol. The Morgan fingerprint density at radius 3 is 1.46 bits per heavy atom. The highest BCUT2D eigenvalue weighted by Crippen LogP contribution is 2.55. The highest BCUT2D eigenvalue weighted by molar-refractivity contribution is 5.94. The largest absolute Gasteiger partial charge is 0.492 e. The first-order valence-electron chi connectivity index (χ1n) is 21.2. The molecule has 1 N–H and O–H groups in total. The minimum Gasteiger partial charge on any atom is -0.492 e. The summed E-state index contributed by atoms with van der Waals surface area (Å²) in [6, 6.07) is 36.4. The van der Waals surface area contributed by atoms with Crippen molar-refractivity contribution in [1.82, 2.24) is 29.3 Å². The number of piperazine rings is 1. The number of carbonyl (C=O) groups excluding carboxylic acids is 1.